The molecule has 12 nitrogen and oxygen atoms in total. The predicted octanol–water partition coefficient (Wildman–Crippen LogP) is 4.19. The summed E-state index contributed by atoms with van der Waals surface area (Å²) in [5.74, 6) is -1.50. The summed E-state index contributed by atoms with van der Waals surface area (Å²) in [6.07, 6.45) is 1.21. The van der Waals surface area contributed by atoms with Gasteiger partial charge in [-0.15, -0.1) is 0 Å². The largest absolute Gasteiger partial charge is 0.497 e. The van der Waals surface area contributed by atoms with E-state index in [1.54, 1.807) is 36.4 Å². The third kappa shape index (κ3) is 9.40. The van der Waals surface area contributed by atoms with Gasteiger partial charge in [-0.05, 0) is 60.2 Å². The lowest BCUT2D eigenvalue weighted by Gasteiger charge is -2.21. The van der Waals surface area contributed by atoms with Gasteiger partial charge in [0.15, 0.2) is 0 Å². The summed E-state index contributed by atoms with van der Waals surface area (Å²) >= 11 is 11.8. The first-order chi connectivity index (χ1) is 21.5. The Morgan fingerprint density at radius 1 is 0.933 bits per heavy atom. The Kier molecular flexibility index (Phi) is 11.3. The molecule has 0 saturated carbocycles. The number of furan rings is 1. The fourth-order valence-electron chi connectivity index (χ4n) is 3.84. The molecular formula is C30H27Cl2N5O7S. The first-order valence-corrected chi connectivity index (χ1v) is 15.4. The fourth-order valence-corrected chi connectivity index (χ4v) is 5.52. The highest BCUT2D eigenvalue weighted by atomic mass is 35.5. The van der Waals surface area contributed by atoms with Crippen molar-refractivity contribution >= 4 is 62.8 Å². The van der Waals surface area contributed by atoms with Gasteiger partial charge in [-0.3, -0.25) is 14.4 Å². The second-order valence-corrected chi connectivity index (χ2v) is 12.0. The average molecular weight is 673 g/mol. The molecule has 0 radical (unpaired) electrons. The minimum absolute atomic E-state index is 0.00223. The van der Waals surface area contributed by atoms with Crippen LogP contribution in [0.3, 0.4) is 0 Å². The molecule has 0 aliphatic rings. The molecule has 4 rings (SSSR count). The Morgan fingerprint density at radius 3 is 2.36 bits per heavy atom. The van der Waals surface area contributed by atoms with Gasteiger partial charge in [0.2, 0.25) is 10.0 Å². The normalized spacial score (nSPS) is 11.4. The van der Waals surface area contributed by atoms with Crippen LogP contribution in [0.25, 0.3) is 0 Å². The Labute approximate surface area is 269 Å². The van der Waals surface area contributed by atoms with Crippen LogP contribution in [0.15, 0.2) is 99.3 Å². The van der Waals surface area contributed by atoms with Crippen molar-refractivity contribution in [3.8, 4) is 5.75 Å². The van der Waals surface area contributed by atoms with Crippen LogP contribution >= 0.6 is 23.2 Å². The zero-order chi connectivity index (χ0) is 32.4. The zero-order valence-corrected chi connectivity index (χ0v) is 26.0. The number of benzene rings is 3. The highest BCUT2D eigenvalue weighted by Gasteiger charge is 2.27. The van der Waals surface area contributed by atoms with Crippen molar-refractivity contribution in [2.45, 2.75) is 18.0 Å². The molecule has 45 heavy (non-hydrogen) atoms. The van der Waals surface area contributed by atoms with Crippen LogP contribution in [-0.4, -0.2) is 50.3 Å². The molecule has 1 aromatic heterocycles. The number of ether oxygens (including phenoxy) is 1. The lowest BCUT2D eigenvalue weighted by molar-refractivity contribution is -0.136. The van der Waals surface area contributed by atoms with Crippen molar-refractivity contribution in [1.82, 2.24) is 15.0 Å². The van der Waals surface area contributed by atoms with E-state index in [9.17, 15) is 22.8 Å². The van der Waals surface area contributed by atoms with Crippen LogP contribution in [0.2, 0.25) is 10.0 Å². The van der Waals surface area contributed by atoms with E-state index in [0.29, 0.717) is 27.8 Å². The van der Waals surface area contributed by atoms with Gasteiger partial charge in [0.25, 0.3) is 5.91 Å². The number of amides is 3. The number of methoxy groups -OCH3 is 1. The van der Waals surface area contributed by atoms with Crippen LogP contribution in [0.5, 0.6) is 5.75 Å². The smallest absolute Gasteiger partial charge is 0.313 e. The maximum Gasteiger partial charge on any atom is 0.313 e. The number of sulfonamides is 1. The zero-order valence-electron chi connectivity index (χ0n) is 23.7. The summed E-state index contributed by atoms with van der Waals surface area (Å²) in [6, 6.07) is 22.2. The number of hydrazone groups is 1. The number of nitrogens with zero attached hydrogens (tertiary/aromatic N) is 2. The summed E-state index contributed by atoms with van der Waals surface area (Å²) in [5.41, 5.74) is 3.28. The molecule has 15 heteroatoms. The monoisotopic (exact) mass is 671 g/mol. The summed E-state index contributed by atoms with van der Waals surface area (Å²) in [6.45, 7) is -0.670. The van der Waals surface area contributed by atoms with Gasteiger partial charge in [0, 0.05) is 12.2 Å². The number of carbonyl (C=O) groups excluding carboxylic acids is 3. The SMILES string of the molecule is COc1ccc(S(=O)(=O)N(CC(=O)N/N=C\c2ccc(CNC(=O)C(=O)Nc3ccc(Cl)c(Cl)c3)o2)Cc2ccccc2)cc1. The Morgan fingerprint density at radius 2 is 1.67 bits per heavy atom. The molecule has 0 unspecified atom stereocenters. The number of anilines is 1. The Balaban J connectivity index is 1.32. The van der Waals surface area contributed by atoms with Crippen LogP contribution in [0, 0.1) is 0 Å². The molecule has 4 aromatic rings. The lowest BCUT2D eigenvalue weighted by atomic mass is 10.2. The molecule has 3 aromatic carbocycles. The van der Waals surface area contributed by atoms with Gasteiger partial charge in [-0.2, -0.15) is 9.41 Å². The van der Waals surface area contributed by atoms with Crippen LogP contribution in [-0.2, 0) is 37.5 Å². The molecule has 0 saturated heterocycles. The third-order valence-electron chi connectivity index (χ3n) is 6.09. The number of hydrogen-bond donors (Lipinski definition) is 3. The maximum absolute atomic E-state index is 13.4. The third-order valence-corrected chi connectivity index (χ3v) is 8.63. The van der Waals surface area contributed by atoms with E-state index in [1.807, 2.05) is 0 Å². The van der Waals surface area contributed by atoms with Gasteiger partial charge in [-0.25, -0.2) is 13.8 Å². The van der Waals surface area contributed by atoms with Gasteiger partial charge < -0.3 is 19.8 Å². The van der Waals surface area contributed by atoms with E-state index in [1.165, 1.54) is 61.9 Å². The van der Waals surface area contributed by atoms with Crippen molar-refractivity contribution in [3.05, 3.63) is 112 Å². The van der Waals surface area contributed by atoms with Crippen molar-refractivity contribution in [1.29, 1.82) is 0 Å². The first-order valence-electron chi connectivity index (χ1n) is 13.2. The second kappa shape index (κ2) is 15.3. The average Bonchev–Trinajstić information content (AvgIpc) is 3.49. The minimum Gasteiger partial charge on any atom is -0.497 e. The molecule has 0 spiro atoms. The number of rotatable bonds is 12. The predicted molar refractivity (Wildman–Crippen MR) is 168 cm³/mol. The van der Waals surface area contributed by atoms with Crippen molar-refractivity contribution in [2.24, 2.45) is 5.10 Å². The van der Waals surface area contributed by atoms with Gasteiger partial charge in [0.05, 0.1) is 41.4 Å². The lowest BCUT2D eigenvalue weighted by Crippen LogP contribution is -2.39. The van der Waals surface area contributed by atoms with E-state index in [2.05, 4.69) is 21.2 Å². The quantitative estimate of drug-likeness (QED) is 0.116. The number of nitrogens with one attached hydrogen (secondary N) is 3. The maximum atomic E-state index is 13.4. The molecule has 234 valence electrons. The summed E-state index contributed by atoms with van der Waals surface area (Å²) in [4.78, 5) is 37.1. The van der Waals surface area contributed by atoms with Crippen molar-refractivity contribution in [2.75, 3.05) is 19.0 Å². The molecule has 3 amide bonds. The first kappa shape index (κ1) is 33.2. The molecule has 0 aliphatic carbocycles. The molecule has 1 heterocycles. The molecule has 0 aliphatic heterocycles. The highest BCUT2D eigenvalue weighted by Crippen LogP contribution is 2.25. The van der Waals surface area contributed by atoms with E-state index in [4.69, 9.17) is 32.4 Å². The van der Waals surface area contributed by atoms with Crippen LogP contribution < -0.4 is 20.8 Å². The highest BCUT2D eigenvalue weighted by molar-refractivity contribution is 7.89. The van der Waals surface area contributed by atoms with E-state index in [-0.39, 0.29) is 28.8 Å². The summed E-state index contributed by atoms with van der Waals surface area (Å²) < 4.78 is 38.5. The minimum atomic E-state index is -4.06. The molecular weight excluding hydrogens is 645 g/mol. The van der Waals surface area contributed by atoms with E-state index in [0.717, 1.165) is 4.31 Å². The molecule has 0 fully saturated rings. The van der Waals surface area contributed by atoms with Crippen LogP contribution in [0.4, 0.5) is 5.69 Å². The van der Waals surface area contributed by atoms with Crippen molar-refractivity contribution in [3.63, 3.8) is 0 Å². The number of carbonyl (C=O) groups is 3. The summed E-state index contributed by atoms with van der Waals surface area (Å²) in [5, 5.41) is 9.20. The summed E-state index contributed by atoms with van der Waals surface area (Å²) in [7, 11) is -2.59. The number of hydrogen-bond acceptors (Lipinski definition) is 8. The molecule has 0 atom stereocenters. The Bertz CT molecular complexity index is 1800. The fraction of sp³-hybridized carbons (Fsp3) is 0.133. The molecule has 0 bridgehead atoms. The van der Waals surface area contributed by atoms with E-state index >= 15 is 0 Å². The van der Waals surface area contributed by atoms with Gasteiger partial charge >= 0.3 is 11.8 Å². The molecule has 3 N–H and O–H groups in total. The Hall–Kier alpha value is -4.69. The number of halogens is 2. The van der Waals surface area contributed by atoms with E-state index < -0.39 is 34.3 Å². The van der Waals surface area contributed by atoms with Gasteiger partial charge in [0.1, 0.15) is 17.3 Å². The standard InChI is InChI=1S/C30H27Cl2N5O7S/c1-43-22-10-12-25(13-11-22)45(41,42)37(18-20-5-3-2-4-6-20)19-28(38)36-34-17-24-9-8-23(44-24)16-33-29(39)30(40)35-21-7-14-26(31)27(32)15-21/h2-15,17H,16,18-19H2,1H3,(H,33,39)(H,35,40)(H,36,38)/b34-17-. The van der Waals surface area contributed by atoms with Crippen molar-refractivity contribution < 1.29 is 32.0 Å². The topological polar surface area (TPSA) is 159 Å². The van der Waals surface area contributed by atoms with Gasteiger partial charge in [-0.1, -0.05) is 53.5 Å². The van der Waals surface area contributed by atoms with Crippen LogP contribution in [0.1, 0.15) is 17.1 Å². The second-order valence-electron chi connectivity index (χ2n) is 9.30.